The second kappa shape index (κ2) is 5.33. The van der Waals surface area contributed by atoms with Crippen LogP contribution in [-0.4, -0.2) is 18.2 Å². The Balaban J connectivity index is 2.61. The molecule has 2 rings (SSSR count). The number of methoxy groups -OCH3 is 1. The van der Waals surface area contributed by atoms with E-state index in [9.17, 15) is 9.90 Å². The third-order valence-electron chi connectivity index (χ3n) is 2.92. The Labute approximate surface area is 116 Å². The van der Waals surface area contributed by atoms with Gasteiger partial charge in [-0.2, -0.15) is 0 Å². The second-order valence-electron chi connectivity index (χ2n) is 4.18. The molecule has 0 bridgehead atoms. The van der Waals surface area contributed by atoms with Gasteiger partial charge in [0.2, 0.25) is 0 Å². The van der Waals surface area contributed by atoms with Gasteiger partial charge in [-0.25, -0.2) is 4.79 Å². The van der Waals surface area contributed by atoms with Gasteiger partial charge in [0.1, 0.15) is 5.75 Å². The molecule has 19 heavy (non-hydrogen) atoms. The van der Waals surface area contributed by atoms with Gasteiger partial charge in [0.05, 0.1) is 12.7 Å². The Hall–Kier alpha value is -2.00. The lowest BCUT2D eigenvalue weighted by Gasteiger charge is -2.10. The van der Waals surface area contributed by atoms with E-state index in [1.54, 1.807) is 19.2 Å². The van der Waals surface area contributed by atoms with Crippen molar-refractivity contribution >= 4 is 17.6 Å². The van der Waals surface area contributed by atoms with Crippen LogP contribution in [0.5, 0.6) is 5.75 Å². The molecule has 0 saturated carbocycles. The van der Waals surface area contributed by atoms with Crippen molar-refractivity contribution in [1.82, 2.24) is 0 Å². The number of rotatable bonds is 3. The lowest BCUT2D eigenvalue weighted by atomic mass is 9.98. The van der Waals surface area contributed by atoms with Crippen LogP contribution >= 0.6 is 11.6 Å². The van der Waals surface area contributed by atoms with Gasteiger partial charge in [0, 0.05) is 5.02 Å². The summed E-state index contributed by atoms with van der Waals surface area (Å²) in [5.41, 5.74) is 2.58. The molecule has 0 saturated heterocycles. The fourth-order valence-electron chi connectivity index (χ4n) is 1.99. The van der Waals surface area contributed by atoms with Crippen molar-refractivity contribution in [2.24, 2.45) is 0 Å². The number of carboxylic acid groups (broad SMARTS) is 1. The lowest BCUT2D eigenvalue weighted by Crippen LogP contribution is -1.99. The minimum Gasteiger partial charge on any atom is -0.496 e. The summed E-state index contributed by atoms with van der Waals surface area (Å²) >= 11 is 5.95. The molecule has 3 nitrogen and oxygen atoms in total. The monoisotopic (exact) mass is 276 g/mol. The van der Waals surface area contributed by atoms with Gasteiger partial charge in [0.25, 0.3) is 0 Å². The first-order valence-corrected chi connectivity index (χ1v) is 6.08. The third kappa shape index (κ3) is 2.71. The highest BCUT2D eigenvalue weighted by Crippen LogP contribution is 2.30. The minimum absolute atomic E-state index is 0.231. The second-order valence-corrected chi connectivity index (χ2v) is 4.62. The highest BCUT2D eigenvalue weighted by atomic mass is 35.5. The maximum absolute atomic E-state index is 11.2. The Kier molecular flexibility index (Phi) is 3.76. The molecule has 0 aliphatic heterocycles. The van der Waals surface area contributed by atoms with Gasteiger partial charge in [-0.05, 0) is 53.9 Å². The lowest BCUT2D eigenvalue weighted by molar-refractivity contribution is 0.0698. The topological polar surface area (TPSA) is 46.5 Å². The fourth-order valence-corrected chi connectivity index (χ4v) is 2.16. The van der Waals surface area contributed by atoms with E-state index in [0.29, 0.717) is 10.6 Å². The highest BCUT2D eigenvalue weighted by molar-refractivity contribution is 6.31. The molecule has 0 atom stereocenters. The van der Waals surface area contributed by atoms with Crippen LogP contribution in [0.4, 0.5) is 0 Å². The Morgan fingerprint density at radius 2 is 1.95 bits per heavy atom. The van der Waals surface area contributed by atoms with Crippen LogP contribution in [0.2, 0.25) is 5.02 Å². The number of hydrogen-bond acceptors (Lipinski definition) is 2. The largest absolute Gasteiger partial charge is 0.496 e. The van der Waals surface area contributed by atoms with Gasteiger partial charge in [-0.1, -0.05) is 17.7 Å². The zero-order valence-corrected chi connectivity index (χ0v) is 11.4. The molecule has 0 spiro atoms. The molecule has 0 radical (unpaired) electrons. The minimum atomic E-state index is -0.972. The molecule has 4 heteroatoms. The van der Waals surface area contributed by atoms with Crippen molar-refractivity contribution in [3.05, 3.63) is 52.5 Å². The fraction of sp³-hybridized carbons (Fsp3) is 0.133. The zero-order valence-electron chi connectivity index (χ0n) is 10.6. The van der Waals surface area contributed by atoms with Crippen LogP contribution in [0.3, 0.4) is 0 Å². The Morgan fingerprint density at radius 1 is 1.21 bits per heavy atom. The maximum Gasteiger partial charge on any atom is 0.336 e. The molecule has 2 aromatic rings. The number of halogens is 1. The molecule has 2 aromatic carbocycles. The number of benzene rings is 2. The van der Waals surface area contributed by atoms with Crippen molar-refractivity contribution in [3.8, 4) is 16.9 Å². The Bertz CT molecular complexity index is 635. The first-order chi connectivity index (χ1) is 9.02. The summed E-state index contributed by atoms with van der Waals surface area (Å²) in [6, 6.07) is 10.3. The maximum atomic E-state index is 11.2. The third-order valence-corrected chi connectivity index (χ3v) is 3.15. The van der Waals surface area contributed by atoms with Gasteiger partial charge in [0.15, 0.2) is 0 Å². The number of hydrogen-bond donors (Lipinski definition) is 1. The van der Waals surface area contributed by atoms with Gasteiger partial charge >= 0.3 is 5.97 Å². The van der Waals surface area contributed by atoms with Crippen LogP contribution in [0.1, 0.15) is 15.9 Å². The summed E-state index contributed by atoms with van der Waals surface area (Å²) in [5.74, 6) is -0.206. The van der Waals surface area contributed by atoms with Crippen molar-refractivity contribution in [3.63, 3.8) is 0 Å². The molecule has 0 amide bonds. The number of carbonyl (C=O) groups is 1. The van der Waals surface area contributed by atoms with Crippen molar-refractivity contribution in [1.29, 1.82) is 0 Å². The average molecular weight is 277 g/mol. The quantitative estimate of drug-likeness (QED) is 0.921. The van der Waals surface area contributed by atoms with E-state index in [2.05, 4.69) is 0 Å². The van der Waals surface area contributed by atoms with Crippen LogP contribution < -0.4 is 4.74 Å². The number of ether oxygens (including phenoxy) is 1. The standard InChI is InChI=1S/C15H13ClO3/c1-9-7-10(3-6-14(9)19-2)13-8-11(16)4-5-12(13)15(17)18/h3-8H,1-2H3,(H,17,18). The summed E-state index contributed by atoms with van der Waals surface area (Å²) < 4.78 is 5.19. The number of aryl methyl sites for hydroxylation is 1. The van der Waals surface area contributed by atoms with E-state index in [1.165, 1.54) is 6.07 Å². The van der Waals surface area contributed by atoms with Crippen molar-refractivity contribution in [2.75, 3.05) is 7.11 Å². The predicted molar refractivity (Wildman–Crippen MR) is 75.1 cm³/mol. The van der Waals surface area contributed by atoms with E-state index in [0.717, 1.165) is 16.9 Å². The molecule has 98 valence electrons. The summed E-state index contributed by atoms with van der Waals surface area (Å²) in [5, 5.41) is 9.73. The van der Waals surface area contributed by atoms with Crippen molar-refractivity contribution < 1.29 is 14.6 Å². The average Bonchev–Trinajstić information content (AvgIpc) is 2.38. The Morgan fingerprint density at radius 3 is 2.53 bits per heavy atom. The highest BCUT2D eigenvalue weighted by Gasteiger charge is 2.13. The van der Waals surface area contributed by atoms with Crippen LogP contribution in [0, 0.1) is 6.92 Å². The number of carboxylic acids is 1. The molecule has 0 aliphatic carbocycles. The molecule has 0 heterocycles. The smallest absolute Gasteiger partial charge is 0.336 e. The zero-order chi connectivity index (χ0) is 14.0. The normalized spacial score (nSPS) is 10.3. The molecule has 0 aliphatic rings. The number of aromatic carboxylic acids is 1. The summed E-state index contributed by atoms with van der Waals surface area (Å²) in [4.78, 5) is 11.2. The molecular weight excluding hydrogens is 264 g/mol. The van der Waals surface area contributed by atoms with E-state index in [1.807, 2.05) is 25.1 Å². The van der Waals surface area contributed by atoms with Crippen LogP contribution in [0.25, 0.3) is 11.1 Å². The molecule has 0 unspecified atom stereocenters. The SMILES string of the molecule is COc1ccc(-c2cc(Cl)ccc2C(=O)O)cc1C. The molecular formula is C15H13ClO3. The van der Waals surface area contributed by atoms with Gasteiger partial charge < -0.3 is 9.84 Å². The van der Waals surface area contributed by atoms with Crippen LogP contribution in [-0.2, 0) is 0 Å². The molecule has 0 aromatic heterocycles. The first-order valence-electron chi connectivity index (χ1n) is 5.71. The van der Waals surface area contributed by atoms with E-state index >= 15 is 0 Å². The molecule has 1 N–H and O–H groups in total. The van der Waals surface area contributed by atoms with Crippen molar-refractivity contribution in [2.45, 2.75) is 6.92 Å². The summed E-state index contributed by atoms with van der Waals surface area (Å²) in [7, 11) is 1.60. The molecule has 0 fully saturated rings. The first kappa shape index (κ1) is 13.4. The van der Waals surface area contributed by atoms with E-state index < -0.39 is 5.97 Å². The van der Waals surface area contributed by atoms with Gasteiger partial charge in [-0.15, -0.1) is 0 Å². The van der Waals surface area contributed by atoms with Crippen LogP contribution in [0.15, 0.2) is 36.4 Å². The van der Waals surface area contributed by atoms with Gasteiger partial charge in [-0.3, -0.25) is 0 Å². The predicted octanol–water partition coefficient (Wildman–Crippen LogP) is 4.02. The summed E-state index contributed by atoms with van der Waals surface area (Å²) in [6.45, 7) is 1.91. The van der Waals surface area contributed by atoms with E-state index in [4.69, 9.17) is 16.3 Å². The van der Waals surface area contributed by atoms with E-state index in [-0.39, 0.29) is 5.56 Å². The summed E-state index contributed by atoms with van der Waals surface area (Å²) in [6.07, 6.45) is 0.